The first-order valence-corrected chi connectivity index (χ1v) is 11.0. The number of nitrogens with zero attached hydrogens (tertiary/aromatic N) is 5. The van der Waals surface area contributed by atoms with Crippen LogP contribution >= 0.6 is 23.2 Å². The Bertz CT molecular complexity index is 975. The molecule has 3 heterocycles. The van der Waals surface area contributed by atoms with E-state index in [1.807, 2.05) is 30.9 Å². The number of fused-ring (bicyclic) bond motifs is 1. The third-order valence-electron chi connectivity index (χ3n) is 5.79. The van der Waals surface area contributed by atoms with Crippen LogP contribution in [0.4, 0.5) is 11.6 Å². The standard InChI is InChI=1S/C21H27Cl2N5O2/c1-15-16(2)24-21-27(19-5-4-17(22)12-18(19)23)13-26(14-28(21)20(15)29)7-3-6-25-8-10-30-11-9-25/h4-5,12H,3,6-11,13-14H2,1-2H3. The maximum absolute atomic E-state index is 13.0. The molecule has 0 N–H and O–H groups in total. The van der Waals surface area contributed by atoms with Gasteiger partial charge in [-0.15, -0.1) is 0 Å². The number of morpholine rings is 1. The van der Waals surface area contributed by atoms with Crippen LogP contribution < -0.4 is 10.5 Å². The Labute approximate surface area is 186 Å². The smallest absolute Gasteiger partial charge is 0.259 e. The predicted molar refractivity (Wildman–Crippen MR) is 120 cm³/mol. The lowest BCUT2D eigenvalue weighted by Crippen LogP contribution is -2.48. The van der Waals surface area contributed by atoms with Crippen molar-refractivity contribution in [2.45, 2.75) is 26.9 Å². The molecular weight excluding hydrogens is 425 g/mol. The first-order chi connectivity index (χ1) is 14.4. The molecule has 0 atom stereocenters. The number of ether oxygens (including phenoxy) is 1. The molecule has 0 radical (unpaired) electrons. The van der Waals surface area contributed by atoms with Crippen LogP contribution in [0.25, 0.3) is 0 Å². The molecule has 30 heavy (non-hydrogen) atoms. The van der Waals surface area contributed by atoms with Gasteiger partial charge in [0.15, 0.2) is 0 Å². The van der Waals surface area contributed by atoms with E-state index in [9.17, 15) is 4.79 Å². The van der Waals surface area contributed by atoms with Crippen molar-refractivity contribution >= 4 is 34.8 Å². The zero-order valence-corrected chi connectivity index (χ0v) is 18.9. The molecule has 2 aliphatic heterocycles. The summed E-state index contributed by atoms with van der Waals surface area (Å²) < 4.78 is 7.17. The van der Waals surface area contributed by atoms with Crippen molar-refractivity contribution < 1.29 is 4.74 Å². The summed E-state index contributed by atoms with van der Waals surface area (Å²) in [6.07, 6.45) is 1.02. The molecular formula is C21H27Cl2N5O2. The number of anilines is 2. The fourth-order valence-corrected chi connectivity index (χ4v) is 4.46. The van der Waals surface area contributed by atoms with Gasteiger partial charge in [-0.1, -0.05) is 23.2 Å². The van der Waals surface area contributed by atoms with Crippen LogP contribution in [0, 0.1) is 13.8 Å². The molecule has 0 saturated carbocycles. The van der Waals surface area contributed by atoms with Gasteiger partial charge in [-0.05, 0) is 45.0 Å². The number of hydrogen-bond acceptors (Lipinski definition) is 6. The van der Waals surface area contributed by atoms with Gasteiger partial charge >= 0.3 is 0 Å². The largest absolute Gasteiger partial charge is 0.379 e. The second-order valence-corrected chi connectivity index (χ2v) is 8.71. The summed E-state index contributed by atoms with van der Waals surface area (Å²) in [5.41, 5.74) is 2.20. The van der Waals surface area contributed by atoms with E-state index in [1.54, 1.807) is 10.6 Å². The molecule has 2 aliphatic rings. The molecule has 0 spiro atoms. The highest BCUT2D eigenvalue weighted by atomic mass is 35.5. The first kappa shape index (κ1) is 21.6. The molecule has 0 aliphatic carbocycles. The summed E-state index contributed by atoms with van der Waals surface area (Å²) in [6, 6.07) is 5.41. The Morgan fingerprint density at radius 1 is 1.07 bits per heavy atom. The van der Waals surface area contributed by atoms with Crippen molar-refractivity contribution in [1.82, 2.24) is 19.4 Å². The maximum atomic E-state index is 13.0. The molecule has 1 saturated heterocycles. The minimum Gasteiger partial charge on any atom is -0.379 e. The summed E-state index contributed by atoms with van der Waals surface area (Å²) in [7, 11) is 0. The van der Waals surface area contributed by atoms with Gasteiger partial charge in [-0.25, -0.2) is 4.98 Å². The summed E-state index contributed by atoms with van der Waals surface area (Å²) in [5.74, 6) is 0.622. The average molecular weight is 452 g/mol. The summed E-state index contributed by atoms with van der Waals surface area (Å²) >= 11 is 12.6. The van der Waals surface area contributed by atoms with Crippen LogP contribution in [0.3, 0.4) is 0 Å². The quantitative estimate of drug-likeness (QED) is 0.695. The highest BCUT2D eigenvalue weighted by Crippen LogP contribution is 2.34. The van der Waals surface area contributed by atoms with E-state index in [0.29, 0.717) is 34.9 Å². The first-order valence-electron chi connectivity index (χ1n) is 10.3. The van der Waals surface area contributed by atoms with Crippen molar-refractivity contribution in [2.24, 2.45) is 0 Å². The number of benzene rings is 1. The van der Waals surface area contributed by atoms with Gasteiger partial charge in [0.1, 0.15) is 0 Å². The van der Waals surface area contributed by atoms with Gasteiger partial charge < -0.3 is 4.74 Å². The molecule has 9 heteroatoms. The lowest BCUT2D eigenvalue weighted by atomic mass is 10.2. The molecule has 162 valence electrons. The van der Waals surface area contributed by atoms with Gasteiger partial charge in [-0.2, -0.15) is 0 Å². The number of aromatic nitrogens is 2. The third kappa shape index (κ3) is 4.50. The molecule has 4 rings (SSSR count). The Morgan fingerprint density at radius 2 is 1.80 bits per heavy atom. The van der Waals surface area contributed by atoms with Crippen LogP contribution in [0.2, 0.25) is 10.0 Å². The molecule has 0 bridgehead atoms. The minimum atomic E-state index is -0.00883. The number of rotatable bonds is 5. The van der Waals surface area contributed by atoms with E-state index in [0.717, 1.165) is 57.2 Å². The molecule has 0 unspecified atom stereocenters. The second kappa shape index (κ2) is 9.24. The summed E-state index contributed by atoms with van der Waals surface area (Å²) in [5, 5.41) is 1.12. The Hall–Kier alpha value is -1.64. The zero-order valence-electron chi connectivity index (χ0n) is 17.4. The highest BCUT2D eigenvalue weighted by molar-refractivity contribution is 6.36. The van der Waals surface area contributed by atoms with Crippen molar-refractivity contribution in [3.05, 3.63) is 49.9 Å². The van der Waals surface area contributed by atoms with Crippen LogP contribution in [0.15, 0.2) is 23.0 Å². The number of aryl methyl sites for hydroxylation is 1. The van der Waals surface area contributed by atoms with Crippen molar-refractivity contribution in [1.29, 1.82) is 0 Å². The van der Waals surface area contributed by atoms with Crippen molar-refractivity contribution in [3.63, 3.8) is 0 Å². The van der Waals surface area contributed by atoms with Crippen LogP contribution in [-0.2, 0) is 11.4 Å². The topological polar surface area (TPSA) is 53.8 Å². The number of halogens is 2. The van der Waals surface area contributed by atoms with Crippen LogP contribution in [0.1, 0.15) is 17.7 Å². The lowest BCUT2D eigenvalue weighted by molar-refractivity contribution is 0.0354. The molecule has 0 amide bonds. The zero-order chi connectivity index (χ0) is 21.3. The maximum Gasteiger partial charge on any atom is 0.259 e. The molecule has 1 fully saturated rings. The van der Waals surface area contributed by atoms with Gasteiger partial charge in [0.25, 0.3) is 5.56 Å². The minimum absolute atomic E-state index is 0.00883. The second-order valence-electron chi connectivity index (χ2n) is 7.86. The number of hydrogen-bond donors (Lipinski definition) is 0. The fraction of sp³-hybridized carbons (Fsp3) is 0.524. The van der Waals surface area contributed by atoms with E-state index in [1.165, 1.54) is 0 Å². The Morgan fingerprint density at radius 3 is 2.53 bits per heavy atom. The molecule has 2 aromatic rings. The summed E-state index contributed by atoms with van der Waals surface area (Å²) in [6.45, 7) is 10.3. The predicted octanol–water partition coefficient (Wildman–Crippen LogP) is 3.26. The van der Waals surface area contributed by atoms with Crippen molar-refractivity contribution in [3.8, 4) is 0 Å². The van der Waals surface area contributed by atoms with E-state index < -0.39 is 0 Å². The van der Waals surface area contributed by atoms with Crippen LogP contribution in [0.5, 0.6) is 0 Å². The average Bonchev–Trinajstić information content (AvgIpc) is 2.73. The van der Waals surface area contributed by atoms with E-state index >= 15 is 0 Å². The third-order valence-corrected chi connectivity index (χ3v) is 6.33. The Balaban J connectivity index is 1.59. The monoisotopic (exact) mass is 451 g/mol. The highest BCUT2D eigenvalue weighted by Gasteiger charge is 2.28. The van der Waals surface area contributed by atoms with Crippen molar-refractivity contribution in [2.75, 3.05) is 51.0 Å². The Kier molecular flexibility index (Phi) is 6.65. The molecule has 1 aromatic carbocycles. The fourth-order valence-electron chi connectivity index (χ4n) is 3.95. The normalized spacial score (nSPS) is 17.9. The van der Waals surface area contributed by atoms with Gasteiger partial charge in [0.05, 0.1) is 37.3 Å². The van der Waals surface area contributed by atoms with E-state index in [4.69, 9.17) is 32.9 Å². The van der Waals surface area contributed by atoms with E-state index in [2.05, 4.69) is 9.80 Å². The van der Waals surface area contributed by atoms with Gasteiger partial charge in [0.2, 0.25) is 5.95 Å². The lowest BCUT2D eigenvalue weighted by Gasteiger charge is -2.39. The van der Waals surface area contributed by atoms with Gasteiger partial charge in [-0.3, -0.25) is 24.1 Å². The van der Waals surface area contributed by atoms with Crippen LogP contribution in [-0.4, -0.2) is 65.4 Å². The molecule has 1 aromatic heterocycles. The van der Waals surface area contributed by atoms with E-state index in [-0.39, 0.29) is 5.56 Å². The van der Waals surface area contributed by atoms with Gasteiger partial charge in [0, 0.05) is 35.9 Å². The molecule has 7 nitrogen and oxygen atoms in total. The SMILES string of the molecule is Cc1nc2n(c(=O)c1C)CN(CCCN1CCOCC1)CN2c1ccc(Cl)cc1Cl. The summed E-state index contributed by atoms with van der Waals surface area (Å²) in [4.78, 5) is 24.4.